The molecule has 1 aromatic heterocycles. The van der Waals surface area contributed by atoms with Crippen molar-refractivity contribution in [3.63, 3.8) is 0 Å². The van der Waals surface area contributed by atoms with Gasteiger partial charge in [0.2, 0.25) is 17.5 Å². The summed E-state index contributed by atoms with van der Waals surface area (Å²) in [7, 11) is 4.18. The van der Waals surface area contributed by atoms with Gasteiger partial charge in [-0.2, -0.15) is 4.98 Å². The Morgan fingerprint density at radius 2 is 1.84 bits per heavy atom. The van der Waals surface area contributed by atoms with E-state index >= 15 is 0 Å². The Labute approximate surface area is 188 Å². The first-order chi connectivity index (χ1) is 15.4. The van der Waals surface area contributed by atoms with E-state index in [1.165, 1.54) is 0 Å². The lowest BCUT2D eigenvalue weighted by Crippen LogP contribution is -2.30. The quantitative estimate of drug-likeness (QED) is 0.465. The molecule has 0 spiro atoms. The zero-order valence-electron chi connectivity index (χ0n) is 18.9. The summed E-state index contributed by atoms with van der Waals surface area (Å²) in [5.41, 5.74) is 2.76. The first-order valence-corrected chi connectivity index (χ1v) is 11.3. The Hall–Kier alpha value is -2.86. The highest BCUT2D eigenvalue weighted by Crippen LogP contribution is 2.40. The van der Waals surface area contributed by atoms with Crippen molar-refractivity contribution in [2.45, 2.75) is 45.1 Å². The summed E-state index contributed by atoms with van der Waals surface area (Å²) in [6.45, 7) is 1.95. The maximum absolute atomic E-state index is 13.4. The van der Waals surface area contributed by atoms with Crippen molar-refractivity contribution in [1.29, 1.82) is 0 Å². The van der Waals surface area contributed by atoms with Crippen molar-refractivity contribution >= 4 is 5.78 Å². The van der Waals surface area contributed by atoms with Gasteiger partial charge in [0.25, 0.3) is 0 Å². The SMILES string of the molecule is Cc1cccc(C(=O)c2noc(CC3CCC(C(c4ccc(F)cc4)N(C)C)CC3)n2)c1. The molecule has 1 aliphatic rings. The van der Waals surface area contributed by atoms with Crippen molar-refractivity contribution < 1.29 is 13.7 Å². The molecule has 0 N–H and O–H groups in total. The average Bonchev–Trinajstić information content (AvgIpc) is 3.24. The number of nitrogens with zero attached hydrogens (tertiary/aromatic N) is 3. The Balaban J connectivity index is 1.36. The molecule has 0 amide bonds. The van der Waals surface area contributed by atoms with Crippen molar-refractivity contribution in [3.05, 3.63) is 82.8 Å². The molecular weight excluding hydrogens is 405 g/mol. The molecule has 168 valence electrons. The summed E-state index contributed by atoms with van der Waals surface area (Å²) >= 11 is 0. The van der Waals surface area contributed by atoms with E-state index in [1.54, 1.807) is 18.2 Å². The van der Waals surface area contributed by atoms with E-state index in [1.807, 2.05) is 37.3 Å². The van der Waals surface area contributed by atoms with Gasteiger partial charge in [-0.25, -0.2) is 4.39 Å². The van der Waals surface area contributed by atoms with Crippen LogP contribution in [0.5, 0.6) is 0 Å². The normalized spacial score (nSPS) is 19.8. The third-order valence-electron chi connectivity index (χ3n) is 6.52. The highest BCUT2D eigenvalue weighted by molar-refractivity contribution is 6.06. The summed E-state index contributed by atoms with van der Waals surface area (Å²) < 4.78 is 18.8. The number of carbonyl (C=O) groups is 1. The van der Waals surface area contributed by atoms with E-state index in [-0.39, 0.29) is 23.5 Å². The molecule has 1 heterocycles. The van der Waals surface area contributed by atoms with Crippen LogP contribution in [-0.4, -0.2) is 34.9 Å². The van der Waals surface area contributed by atoms with Crippen molar-refractivity contribution in [2.24, 2.45) is 11.8 Å². The second-order valence-electron chi connectivity index (χ2n) is 9.16. The zero-order valence-corrected chi connectivity index (χ0v) is 18.9. The van der Waals surface area contributed by atoms with Crippen LogP contribution in [0.15, 0.2) is 53.1 Å². The lowest BCUT2D eigenvalue weighted by Gasteiger charge is -2.37. The Bertz CT molecular complexity index is 1050. The monoisotopic (exact) mass is 435 g/mol. The number of halogens is 1. The highest BCUT2D eigenvalue weighted by Gasteiger charge is 2.31. The van der Waals surface area contributed by atoms with Crippen LogP contribution < -0.4 is 0 Å². The molecule has 1 saturated carbocycles. The third kappa shape index (κ3) is 5.13. The van der Waals surface area contributed by atoms with Crippen LogP contribution in [-0.2, 0) is 6.42 Å². The van der Waals surface area contributed by atoms with Crippen LogP contribution in [0.3, 0.4) is 0 Å². The number of aromatic nitrogens is 2. The summed E-state index contributed by atoms with van der Waals surface area (Å²) in [4.78, 5) is 19.2. The number of rotatable bonds is 7. The van der Waals surface area contributed by atoms with Crippen LogP contribution in [0.1, 0.15) is 64.9 Å². The molecule has 0 bridgehead atoms. The molecule has 1 fully saturated rings. The number of carbonyl (C=O) groups excluding carboxylic acids is 1. The molecule has 2 aromatic carbocycles. The fraction of sp³-hybridized carbons (Fsp3) is 0.423. The number of hydrogen-bond donors (Lipinski definition) is 0. The topological polar surface area (TPSA) is 59.2 Å². The van der Waals surface area contributed by atoms with E-state index < -0.39 is 0 Å². The van der Waals surface area contributed by atoms with Crippen molar-refractivity contribution in [1.82, 2.24) is 15.0 Å². The van der Waals surface area contributed by atoms with Gasteiger partial charge in [-0.3, -0.25) is 4.79 Å². The van der Waals surface area contributed by atoms with E-state index in [9.17, 15) is 9.18 Å². The maximum atomic E-state index is 13.4. The van der Waals surface area contributed by atoms with Crippen LogP contribution >= 0.6 is 0 Å². The summed E-state index contributed by atoms with van der Waals surface area (Å²) in [5.74, 6) is 1.24. The highest BCUT2D eigenvalue weighted by atomic mass is 19.1. The van der Waals surface area contributed by atoms with E-state index in [0.717, 1.165) is 36.8 Å². The van der Waals surface area contributed by atoms with Crippen molar-refractivity contribution in [2.75, 3.05) is 14.1 Å². The molecular formula is C26H30FN3O2. The van der Waals surface area contributed by atoms with Crippen LogP contribution in [0.25, 0.3) is 0 Å². The van der Waals surface area contributed by atoms with Crippen molar-refractivity contribution in [3.8, 4) is 0 Å². The minimum absolute atomic E-state index is 0.128. The second kappa shape index (κ2) is 9.74. The summed E-state index contributed by atoms with van der Waals surface area (Å²) in [6.07, 6.45) is 5.02. The lowest BCUT2D eigenvalue weighted by atomic mass is 9.75. The molecule has 6 heteroatoms. The fourth-order valence-corrected chi connectivity index (χ4v) is 4.95. The minimum Gasteiger partial charge on any atom is -0.339 e. The maximum Gasteiger partial charge on any atom is 0.243 e. The van der Waals surface area contributed by atoms with E-state index in [0.29, 0.717) is 29.7 Å². The molecule has 1 aliphatic carbocycles. The molecule has 5 nitrogen and oxygen atoms in total. The standard InChI is InChI=1S/C26H30FN3O2/c1-17-5-4-6-21(15-17)25(31)26-28-23(32-29-26)16-18-7-9-19(10-8-18)24(30(2)3)20-11-13-22(27)14-12-20/h4-6,11-15,18-19,24H,7-10,16H2,1-3H3. The lowest BCUT2D eigenvalue weighted by molar-refractivity contribution is 0.102. The van der Waals surface area contributed by atoms with E-state index in [4.69, 9.17) is 4.52 Å². The molecule has 0 radical (unpaired) electrons. The largest absolute Gasteiger partial charge is 0.339 e. The predicted molar refractivity (Wildman–Crippen MR) is 121 cm³/mol. The zero-order chi connectivity index (χ0) is 22.7. The Kier molecular flexibility index (Phi) is 6.80. The first-order valence-electron chi connectivity index (χ1n) is 11.3. The van der Waals surface area contributed by atoms with Gasteiger partial charge in [0, 0.05) is 18.0 Å². The van der Waals surface area contributed by atoms with Crippen LogP contribution in [0, 0.1) is 24.6 Å². The summed E-state index contributed by atoms with van der Waals surface area (Å²) in [5, 5.41) is 3.93. The second-order valence-corrected chi connectivity index (χ2v) is 9.16. The predicted octanol–water partition coefficient (Wildman–Crippen LogP) is 5.40. The van der Waals surface area contributed by atoms with Gasteiger partial charge in [-0.1, -0.05) is 41.1 Å². The van der Waals surface area contributed by atoms with Gasteiger partial charge in [-0.05, 0) is 82.3 Å². The molecule has 1 unspecified atom stereocenters. The Morgan fingerprint density at radius 3 is 2.50 bits per heavy atom. The fourth-order valence-electron chi connectivity index (χ4n) is 4.95. The third-order valence-corrected chi connectivity index (χ3v) is 6.52. The molecule has 0 saturated heterocycles. The average molecular weight is 436 g/mol. The van der Waals surface area contributed by atoms with Gasteiger partial charge in [0.1, 0.15) is 5.82 Å². The number of hydrogen-bond acceptors (Lipinski definition) is 5. The van der Waals surface area contributed by atoms with Crippen LogP contribution in [0.2, 0.25) is 0 Å². The molecule has 1 atom stereocenters. The smallest absolute Gasteiger partial charge is 0.243 e. The van der Waals surface area contributed by atoms with Gasteiger partial charge in [0.05, 0.1) is 0 Å². The van der Waals surface area contributed by atoms with Gasteiger partial charge in [0.15, 0.2) is 0 Å². The van der Waals surface area contributed by atoms with E-state index in [2.05, 4.69) is 29.1 Å². The minimum atomic E-state index is -0.208. The molecule has 4 rings (SSSR count). The van der Waals surface area contributed by atoms with Crippen LogP contribution in [0.4, 0.5) is 4.39 Å². The number of ketones is 1. The van der Waals surface area contributed by atoms with Gasteiger partial charge in [-0.15, -0.1) is 0 Å². The molecule has 32 heavy (non-hydrogen) atoms. The first kappa shape index (κ1) is 22.3. The van der Waals surface area contributed by atoms with Gasteiger partial charge >= 0.3 is 0 Å². The number of aryl methyl sites for hydroxylation is 1. The molecule has 3 aromatic rings. The van der Waals surface area contributed by atoms with Gasteiger partial charge < -0.3 is 9.42 Å². The Morgan fingerprint density at radius 1 is 1.12 bits per heavy atom. The molecule has 0 aliphatic heterocycles. The summed E-state index contributed by atoms with van der Waals surface area (Å²) in [6, 6.07) is 14.6. The number of benzene rings is 2.